The molecule has 0 aromatic heterocycles. The highest BCUT2D eigenvalue weighted by molar-refractivity contribution is 14.0. The van der Waals surface area contributed by atoms with Crippen molar-refractivity contribution in [2.75, 3.05) is 40.9 Å². The highest BCUT2D eigenvalue weighted by Crippen LogP contribution is 2.19. The molecule has 0 aliphatic carbocycles. The van der Waals surface area contributed by atoms with Crippen molar-refractivity contribution in [3.05, 3.63) is 59.2 Å². The zero-order valence-electron chi connectivity index (χ0n) is 18.7. The van der Waals surface area contributed by atoms with E-state index in [0.717, 1.165) is 41.7 Å². The number of hydrogen-bond acceptors (Lipinski definition) is 4. The van der Waals surface area contributed by atoms with Gasteiger partial charge in [0.2, 0.25) is 0 Å². The molecule has 30 heavy (non-hydrogen) atoms. The average molecular weight is 526 g/mol. The molecule has 0 aliphatic heterocycles. The Kier molecular flexibility index (Phi) is 12.2. The molecule has 0 bridgehead atoms. The van der Waals surface area contributed by atoms with E-state index in [0.29, 0.717) is 19.7 Å². The molecule has 0 atom stereocenters. The van der Waals surface area contributed by atoms with Crippen molar-refractivity contribution in [2.24, 2.45) is 4.99 Å². The summed E-state index contributed by atoms with van der Waals surface area (Å²) in [6.45, 7) is 7.69. The molecule has 2 rings (SSSR count). The molecular weight excluding hydrogens is 491 g/mol. The lowest BCUT2D eigenvalue weighted by molar-refractivity contribution is 0.261. The molecule has 0 amide bonds. The van der Waals surface area contributed by atoms with E-state index < -0.39 is 0 Å². The van der Waals surface area contributed by atoms with Gasteiger partial charge in [0.15, 0.2) is 5.96 Å². The summed E-state index contributed by atoms with van der Waals surface area (Å²) in [5, 5.41) is 6.68. The minimum atomic E-state index is 0. The molecule has 0 radical (unpaired) electrons. The Labute approximate surface area is 198 Å². The summed E-state index contributed by atoms with van der Waals surface area (Å²) in [4.78, 5) is 6.81. The van der Waals surface area contributed by atoms with Crippen LogP contribution in [0.25, 0.3) is 0 Å². The molecule has 0 saturated heterocycles. The number of likely N-dealkylation sites (N-methyl/N-ethyl adjacent to an activating group) is 1. The van der Waals surface area contributed by atoms with Gasteiger partial charge in [-0.1, -0.05) is 24.3 Å². The normalized spacial score (nSPS) is 11.1. The Morgan fingerprint density at radius 2 is 1.90 bits per heavy atom. The van der Waals surface area contributed by atoms with Crippen LogP contribution in [0.5, 0.6) is 11.5 Å². The number of nitrogens with one attached hydrogen (secondary N) is 2. The third kappa shape index (κ3) is 9.21. The summed E-state index contributed by atoms with van der Waals surface area (Å²) < 4.78 is 11.3. The molecule has 0 unspecified atom stereocenters. The second-order valence-corrected chi connectivity index (χ2v) is 7.16. The number of hydrogen-bond donors (Lipinski definition) is 2. The fourth-order valence-corrected chi connectivity index (χ4v) is 2.77. The van der Waals surface area contributed by atoms with Crippen LogP contribution in [0.3, 0.4) is 0 Å². The molecule has 0 heterocycles. The van der Waals surface area contributed by atoms with Gasteiger partial charge in [0.05, 0.1) is 13.7 Å². The van der Waals surface area contributed by atoms with Crippen molar-refractivity contribution in [1.29, 1.82) is 0 Å². The van der Waals surface area contributed by atoms with Gasteiger partial charge in [-0.25, -0.2) is 4.99 Å². The molecule has 2 N–H and O–H groups in total. The van der Waals surface area contributed by atoms with Crippen molar-refractivity contribution in [1.82, 2.24) is 15.5 Å². The number of aliphatic imine (C=N–C) groups is 1. The van der Waals surface area contributed by atoms with Gasteiger partial charge in [-0.05, 0) is 57.3 Å². The zero-order valence-corrected chi connectivity index (χ0v) is 21.0. The van der Waals surface area contributed by atoms with E-state index in [1.54, 1.807) is 7.11 Å². The molecule has 0 fully saturated rings. The third-order valence-electron chi connectivity index (χ3n) is 4.36. The SMILES string of the molecule is CCNC(=NCc1cccc(OCCN(C)C)c1)NCc1ccc(C)cc1OC.I. The lowest BCUT2D eigenvalue weighted by Crippen LogP contribution is -2.36. The summed E-state index contributed by atoms with van der Waals surface area (Å²) in [6, 6.07) is 14.3. The van der Waals surface area contributed by atoms with Gasteiger partial charge in [-0.3, -0.25) is 0 Å². The van der Waals surface area contributed by atoms with Gasteiger partial charge >= 0.3 is 0 Å². The number of methoxy groups -OCH3 is 1. The van der Waals surface area contributed by atoms with Gasteiger partial charge < -0.3 is 25.0 Å². The van der Waals surface area contributed by atoms with Crippen molar-refractivity contribution >= 4 is 29.9 Å². The highest BCUT2D eigenvalue weighted by Gasteiger charge is 2.05. The van der Waals surface area contributed by atoms with Gasteiger partial charge in [-0.2, -0.15) is 0 Å². The van der Waals surface area contributed by atoms with E-state index in [-0.39, 0.29) is 24.0 Å². The quantitative estimate of drug-likeness (QED) is 0.280. The lowest BCUT2D eigenvalue weighted by Gasteiger charge is -2.14. The predicted octanol–water partition coefficient (Wildman–Crippen LogP) is 3.82. The monoisotopic (exact) mass is 526 g/mol. The average Bonchev–Trinajstić information content (AvgIpc) is 2.70. The maximum atomic E-state index is 5.82. The predicted molar refractivity (Wildman–Crippen MR) is 135 cm³/mol. The molecule has 0 aliphatic rings. The van der Waals surface area contributed by atoms with E-state index in [4.69, 9.17) is 14.5 Å². The van der Waals surface area contributed by atoms with Crippen LogP contribution >= 0.6 is 24.0 Å². The maximum Gasteiger partial charge on any atom is 0.191 e. The number of ether oxygens (including phenoxy) is 2. The van der Waals surface area contributed by atoms with E-state index in [1.807, 2.05) is 38.4 Å². The Bertz CT molecular complexity index is 797. The van der Waals surface area contributed by atoms with Crippen LogP contribution in [0.2, 0.25) is 0 Å². The topological polar surface area (TPSA) is 58.1 Å². The van der Waals surface area contributed by atoms with Crippen LogP contribution in [0.4, 0.5) is 0 Å². The molecule has 6 nitrogen and oxygen atoms in total. The van der Waals surface area contributed by atoms with Crippen LogP contribution < -0.4 is 20.1 Å². The van der Waals surface area contributed by atoms with Crippen LogP contribution in [-0.4, -0.2) is 51.8 Å². The van der Waals surface area contributed by atoms with Crippen molar-refractivity contribution < 1.29 is 9.47 Å². The van der Waals surface area contributed by atoms with Crippen LogP contribution in [0.1, 0.15) is 23.6 Å². The Balaban J connectivity index is 0.00000450. The fraction of sp³-hybridized carbons (Fsp3) is 0.435. The summed E-state index contributed by atoms with van der Waals surface area (Å²) >= 11 is 0. The number of nitrogens with zero attached hydrogens (tertiary/aromatic N) is 2. The standard InChI is InChI=1S/C23H34N4O2.HI/c1-6-24-23(26-17-20-11-10-18(2)14-22(20)28-5)25-16-19-8-7-9-21(15-19)29-13-12-27(3)4;/h7-11,14-15H,6,12-13,16-17H2,1-5H3,(H2,24,25,26);1H. The first-order chi connectivity index (χ1) is 14.0. The molecule has 0 spiro atoms. The Morgan fingerprint density at radius 1 is 1.10 bits per heavy atom. The van der Waals surface area contributed by atoms with E-state index in [9.17, 15) is 0 Å². The minimum absolute atomic E-state index is 0. The molecular formula is C23H35IN4O2. The molecule has 0 saturated carbocycles. The van der Waals surface area contributed by atoms with Crippen molar-refractivity contribution in [3.63, 3.8) is 0 Å². The fourth-order valence-electron chi connectivity index (χ4n) is 2.77. The maximum absolute atomic E-state index is 5.82. The summed E-state index contributed by atoms with van der Waals surface area (Å²) in [6.07, 6.45) is 0. The van der Waals surface area contributed by atoms with Gasteiger partial charge in [0.25, 0.3) is 0 Å². The largest absolute Gasteiger partial charge is 0.496 e. The van der Waals surface area contributed by atoms with E-state index in [2.05, 4.69) is 47.6 Å². The van der Waals surface area contributed by atoms with E-state index >= 15 is 0 Å². The van der Waals surface area contributed by atoms with Crippen LogP contribution in [-0.2, 0) is 13.1 Å². The summed E-state index contributed by atoms with van der Waals surface area (Å²) in [7, 11) is 5.77. The first-order valence-electron chi connectivity index (χ1n) is 10.0. The van der Waals surface area contributed by atoms with E-state index in [1.165, 1.54) is 5.56 Å². The smallest absolute Gasteiger partial charge is 0.191 e. The number of benzene rings is 2. The number of guanidine groups is 1. The van der Waals surface area contributed by atoms with Crippen molar-refractivity contribution in [3.8, 4) is 11.5 Å². The number of halogens is 1. The van der Waals surface area contributed by atoms with Gasteiger partial charge in [0, 0.05) is 25.2 Å². The third-order valence-corrected chi connectivity index (χ3v) is 4.36. The second kappa shape index (κ2) is 14.1. The number of aryl methyl sites for hydroxylation is 1. The minimum Gasteiger partial charge on any atom is -0.496 e. The van der Waals surface area contributed by atoms with Crippen LogP contribution in [0.15, 0.2) is 47.5 Å². The van der Waals surface area contributed by atoms with Crippen LogP contribution in [0, 0.1) is 6.92 Å². The van der Waals surface area contributed by atoms with Gasteiger partial charge in [-0.15, -0.1) is 24.0 Å². The van der Waals surface area contributed by atoms with Crippen molar-refractivity contribution in [2.45, 2.75) is 26.9 Å². The highest BCUT2D eigenvalue weighted by atomic mass is 127. The van der Waals surface area contributed by atoms with Gasteiger partial charge in [0.1, 0.15) is 18.1 Å². The zero-order chi connectivity index (χ0) is 21.1. The molecule has 2 aromatic carbocycles. The summed E-state index contributed by atoms with van der Waals surface area (Å²) in [5.41, 5.74) is 3.39. The molecule has 2 aromatic rings. The number of rotatable bonds is 10. The molecule has 166 valence electrons. The summed E-state index contributed by atoms with van der Waals surface area (Å²) in [5.74, 6) is 2.53. The first-order valence-corrected chi connectivity index (χ1v) is 10.0. The Morgan fingerprint density at radius 3 is 2.60 bits per heavy atom. The second-order valence-electron chi connectivity index (χ2n) is 7.16. The lowest BCUT2D eigenvalue weighted by atomic mass is 10.1. The molecule has 7 heteroatoms. The Hall–Kier alpha value is -2.00. The first kappa shape index (κ1) is 26.0.